The van der Waals surface area contributed by atoms with Crippen LogP contribution in [0.3, 0.4) is 0 Å². The minimum atomic E-state index is -1.17. The van der Waals surface area contributed by atoms with Crippen LogP contribution in [-0.4, -0.2) is 91.2 Å². The van der Waals surface area contributed by atoms with Crippen molar-refractivity contribution in [3.8, 4) is 0 Å². The van der Waals surface area contributed by atoms with Crippen molar-refractivity contribution in [1.29, 1.82) is 0 Å². The van der Waals surface area contributed by atoms with Gasteiger partial charge in [0.2, 0.25) is 0 Å². The van der Waals surface area contributed by atoms with Crippen LogP contribution in [0.15, 0.2) is 12.2 Å². The average Bonchev–Trinajstić information content (AvgIpc) is 2.55. The number of rotatable bonds is 0. The molecule has 10 nitrogen and oxygen atoms in total. The van der Waals surface area contributed by atoms with E-state index in [1.807, 2.05) is 0 Å². The summed E-state index contributed by atoms with van der Waals surface area (Å²) in [6, 6.07) is 1.14. The summed E-state index contributed by atoms with van der Waals surface area (Å²) in [7, 11) is 0. The monoisotopic (exact) mass is 568 g/mol. The van der Waals surface area contributed by atoms with Gasteiger partial charge in [0.05, 0.1) is 0 Å². The Morgan fingerprint density at radius 2 is 1.03 bits per heavy atom. The molecule has 2 aliphatic heterocycles. The minimum Gasteiger partial charge on any atom is -0.660 e. The van der Waals surface area contributed by atoms with Crippen LogP contribution in [0.25, 0.3) is 10.6 Å². The van der Waals surface area contributed by atoms with Gasteiger partial charge in [-0.2, -0.15) is 0 Å². The zero-order valence-electron chi connectivity index (χ0n) is 19.9. The molecular weight excluding hydrogens is 523 g/mol. The summed E-state index contributed by atoms with van der Waals surface area (Å²) in [5.74, 6) is 0. The summed E-state index contributed by atoms with van der Waals surface area (Å²) in [5.41, 5.74) is 0. The van der Waals surface area contributed by atoms with Crippen LogP contribution < -0.4 is 0 Å². The summed E-state index contributed by atoms with van der Waals surface area (Å²) >= 11 is 0. The first-order valence-electron chi connectivity index (χ1n) is 10.2. The molecule has 2 unspecified atom stereocenters. The van der Waals surface area contributed by atoms with Gasteiger partial charge in [-0.1, -0.05) is 45.6 Å². The molecule has 2 atom stereocenters. The number of aliphatic hydroxyl groups is 8. The maximum Gasteiger partial charge on any atom is 1.00 e. The van der Waals surface area contributed by atoms with Crippen LogP contribution in [0.5, 0.6) is 0 Å². The van der Waals surface area contributed by atoms with Crippen molar-refractivity contribution in [1.82, 2.24) is 0 Å². The largest absolute Gasteiger partial charge is 1.00 e. The van der Waals surface area contributed by atoms with Gasteiger partial charge in [-0.05, 0) is 27.7 Å². The third-order valence-corrected chi connectivity index (χ3v) is 2.60. The van der Waals surface area contributed by atoms with Crippen LogP contribution in [0.4, 0.5) is 0 Å². The van der Waals surface area contributed by atoms with Crippen LogP contribution in [-0.2, 0) is 34.1 Å². The number of hydrogen-bond donors (Lipinski definition) is 8. The molecule has 2 aliphatic rings. The summed E-state index contributed by atoms with van der Waals surface area (Å²) in [6.45, 7) is 11.5. The van der Waals surface area contributed by atoms with Crippen LogP contribution in [0.1, 0.15) is 67.2 Å². The zero-order chi connectivity index (χ0) is 24.5. The number of hydrogen-bond acceptors (Lipinski definition) is 8. The van der Waals surface area contributed by atoms with Gasteiger partial charge >= 0.3 is 34.1 Å². The molecule has 0 aromatic heterocycles. The smallest absolute Gasteiger partial charge is 0.660 e. The SMILES string of the molecule is CC(O)O.CC(O)O.CC(O)O.CC(O)O.CC1C=CCC[N-]1.CC1CCCC[N-]1.[Cu+].[Cu+]. The standard InChI is InChI=1S/C6H12N.C6H10N.4C2H6O2.2Cu/c2*1-6-4-2-3-5-7-6;4*1-2(3)4;;/h6H,2-5H2,1H3;2,4,6H,3,5H2,1H3;4*2-4H,1H3;;/q2*-1;;;;;2*+1. The summed E-state index contributed by atoms with van der Waals surface area (Å²) in [5, 5.41) is 69.5. The first-order valence-corrected chi connectivity index (χ1v) is 10.2. The second-order valence-corrected chi connectivity index (χ2v) is 6.64. The van der Waals surface area contributed by atoms with Crippen molar-refractivity contribution < 1.29 is 75.0 Å². The predicted octanol–water partition coefficient (Wildman–Crippen LogP) is 0.904. The van der Waals surface area contributed by atoms with E-state index in [1.54, 1.807) is 0 Å². The zero-order valence-corrected chi connectivity index (χ0v) is 21.8. The molecule has 0 aromatic carbocycles. The third kappa shape index (κ3) is 97.7. The molecule has 32 heavy (non-hydrogen) atoms. The van der Waals surface area contributed by atoms with Gasteiger partial charge in [0.15, 0.2) is 0 Å². The maximum absolute atomic E-state index is 7.61. The van der Waals surface area contributed by atoms with E-state index < -0.39 is 25.2 Å². The molecule has 0 bridgehead atoms. The van der Waals surface area contributed by atoms with E-state index >= 15 is 0 Å². The third-order valence-electron chi connectivity index (χ3n) is 2.60. The van der Waals surface area contributed by atoms with E-state index in [-0.39, 0.29) is 34.1 Å². The Morgan fingerprint density at radius 3 is 1.16 bits per heavy atom. The van der Waals surface area contributed by atoms with E-state index in [4.69, 9.17) is 40.9 Å². The van der Waals surface area contributed by atoms with E-state index in [9.17, 15) is 0 Å². The Morgan fingerprint density at radius 1 is 0.656 bits per heavy atom. The maximum atomic E-state index is 7.61. The topological polar surface area (TPSA) is 190 Å². The molecule has 0 spiro atoms. The van der Waals surface area contributed by atoms with Crippen molar-refractivity contribution in [3.05, 3.63) is 22.8 Å². The van der Waals surface area contributed by atoms with E-state index in [1.165, 1.54) is 47.0 Å². The minimum absolute atomic E-state index is 0. The van der Waals surface area contributed by atoms with Crippen molar-refractivity contribution in [2.24, 2.45) is 0 Å². The Balaban J connectivity index is -0.0000000643. The molecule has 1 fully saturated rings. The normalized spacial score (nSPS) is 18.4. The van der Waals surface area contributed by atoms with Gasteiger partial charge in [-0.25, -0.2) is 0 Å². The fourth-order valence-corrected chi connectivity index (χ4v) is 1.66. The van der Waals surface area contributed by atoms with Gasteiger partial charge in [0.1, 0.15) is 25.2 Å². The second-order valence-electron chi connectivity index (χ2n) is 6.64. The molecule has 0 aliphatic carbocycles. The number of aliphatic hydroxyl groups excluding tert-OH is 4. The Kier molecular flexibility index (Phi) is 51.5. The Labute approximate surface area is 215 Å². The van der Waals surface area contributed by atoms with Gasteiger partial charge in [0, 0.05) is 0 Å². The van der Waals surface area contributed by atoms with Crippen LogP contribution in [0, 0.1) is 0 Å². The Hall–Kier alpha value is 0.379. The van der Waals surface area contributed by atoms with Gasteiger partial charge < -0.3 is 51.5 Å². The molecular formula is C20H46Cu2N2O8. The number of nitrogens with zero attached hydrogens (tertiary/aromatic N) is 2. The Bertz CT molecular complexity index is 300. The first kappa shape index (κ1) is 45.8. The van der Waals surface area contributed by atoms with Gasteiger partial charge in [-0.3, -0.25) is 0 Å². The predicted molar refractivity (Wildman–Crippen MR) is 119 cm³/mol. The molecule has 206 valence electrons. The molecule has 12 heteroatoms. The molecule has 8 N–H and O–H groups in total. The van der Waals surface area contributed by atoms with Gasteiger partial charge in [0.25, 0.3) is 0 Å². The molecule has 1 saturated heterocycles. The fraction of sp³-hybridized carbons (Fsp3) is 0.900. The molecule has 0 saturated carbocycles. The molecule has 2 rings (SSSR count). The molecule has 0 radical (unpaired) electrons. The van der Waals surface area contributed by atoms with E-state index in [0.717, 1.165) is 19.5 Å². The summed E-state index contributed by atoms with van der Waals surface area (Å²) in [6.07, 6.45) is 4.85. The van der Waals surface area contributed by atoms with Crippen LogP contribution >= 0.6 is 0 Å². The number of piperidine rings is 1. The van der Waals surface area contributed by atoms with Crippen LogP contribution in [0.2, 0.25) is 0 Å². The van der Waals surface area contributed by atoms with Crippen molar-refractivity contribution in [2.45, 2.75) is 104 Å². The fourth-order valence-electron chi connectivity index (χ4n) is 1.66. The summed E-state index contributed by atoms with van der Waals surface area (Å²) < 4.78 is 0. The van der Waals surface area contributed by atoms with Crippen molar-refractivity contribution in [2.75, 3.05) is 13.1 Å². The van der Waals surface area contributed by atoms with E-state index in [2.05, 4.69) is 36.6 Å². The molecule has 0 amide bonds. The average molecular weight is 570 g/mol. The van der Waals surface area contributed by atoms with Crippen molar-refractivity contribution in [3.63, 3.8) is 0 Å². The second kappa shape index (κ2) is 36.0. The van der Waals surface area contributed by atoms with E-state index in [0.29, 0.717) is 12.1 Å². The van der Waals surface area contributed by atoms with Crippen molar-refractivity contribution >= 4 is 0 Å². The molecule has 0 aromatic rings. The van der Waals surface area contributed by atoms with Gasteiger partial charge in [-0.15, -0.1) is 31.2 Å². The molecule has 2 heterocycles. The quantitative estimate of drug-likeness (QED) is 0.120. The summed E-state index contributed by atoms with van der Waals surface area (Å²) in [4.78, 5) is 0. The first-order chi connectivity index (χ1) is 13.7.